The van der Waals surface area contributed by atoms with Crippen LogP contribution in [-0.4, -0.2) is 41.5 Å². The molecule has 0 spiro atoms. The Morgan fingerprint density at radius 3 is 2.59 bits per heavy atom. The smallest absolute Gasteiger partial charge is 0.323 e. The van der Waals surface area contributed by atoms with Crippen LogP contribution in [0.5, 0.6) is 0 Å². The lowest BCUT2D eigenvalue weighted by molar-refractivity contribution is -0.133. The van der Waals surface area contributed by atoms with Crippen molar-refractivity contribution in [2.75, 3.05) is 13.1 Å². The predicted octanol–water partition coefficient (Wildman–Crippen LogP) is 0.705. The highest BCUT2D eigenvalue weighted by atomic mass is 16.2. The van der Waals surface area contributed by atoms with Gasteiger partial charge in [-0.1, -0.05) is 0 Å². The Bertz CT molecular complexity index is 337. The van der Waals surface area contributed by atoms with Crippen LogP contribution in [0.15, 0.2) is 0 Å². The van der Waals surface area contributed by atoms with Crippen LogP contribution in [0.25, 0.3) is 0 Å². The Morgan fingerprint density at radius 2 is 2.12 bits per heavy atom. The second-order valence-corrected chi connectivity index (χ2v) is 5.44. The van der Waals surface area contributed by atoms with Crippen molar-refractivity contribution in [1.29, 1.82) is 0 Å². The molecule has 5 heteroatoms. The van der Waals surface area contributed by atoms with Crippen LogP contribution in [0.3, 0.4) is 0 Å². The largest absolute Gasteiger partial charge is 0.325 e. The third kappa shape index (κ3) is 1.92. The van der Waals surface area contributed by atoms with Gasteiger partial charge in [0, 0.05) is 18.5 Å². The number of hydrogen-bond acceptors (Lipinski definition) is 3. The van der Waals surface area contributed by atoms with Crippen LogP contribution in [-0.2, 0) is 4.79 Å². The van der Waals surface area contributed by atoms with Gasteiger partial charge in [0.1, 0.15) is 5.54 Å². The maximum atomic E-state index is 12.4. The number of carbonyl (C=O) groups excluding carboxylic acids is 2. The highest BCUT2D eigenvalue weighted by molar-refractivity contribution is 6.07. The van der Waals surface area contributed by atoms with Gasteiger partial charge in [-0.2, -0.15) is 0 Å². The molecule has 5 nitrogen and oxygen atoms in total. The summed E-state index contributed by atoms with van der Waals surface area (Å²) in [5, 5.41) is 6.17. The van der Waals surface area contributed by atoms with Crippen molar-refractivity contribution in [2.45, 2.75) is 45.2 Å². The minimum absolute atomic E-state index is 0.0776. The Hall–Kier alpha value is -1.10. The van der Waals surface area contributed by atoms with Crippen molar-refractivity contribution < 1.29 is 9.59 Å². The van der Waals surface area contributed by atoms with Crippen LogP contribution in [0.4, 0.5) is 4.79 Å². The van der Waals surface area contributed by atoms with Crippen molar-refractivity contribution in [2.24, 2.45) is 5.92 Å². The van der Waals surface area contributed by atoms with E-state index in [0.29, 0.717) is 0 Å². The molecule has 2 fully saturated rings. The van der Waals surface area contributed by atoms with Crippen LogP contribution in [0.2, 0.25) is 0 Å². The van der Waals surface area contributed by atoms with E-state index in [1.807, 2.05) is 20.8 Å². The molecule has 2 atom stereocenters. The zero-order valence-corrected chi connectivity index (χ0v) is 10.7. The van der Waals surface area contributed by atoms with E-state index in [-0.39, 0.29) is 23.9 Å². The number of carbonyl (C=O) groups is 2. The topological polar surface area (TPSA) is 61.4 Å². The zero-order valence-electron chi connectivity index (χ0n) is 10.7. The molecule has 0 bridgehead atoms. The molecule has 2 unspecified atom stereocenters. The lowest BCUT2D eigenvalue weighted by Crippen LogP contribution is -2.55. The van der Waals surface area contributed by atoms with E-state index < -0.39 is 5.54 Å². The SMILES string of the molecule is CC(C)N1C(=O)NC(C)(C2CCCNC2)C1=O. The van der Waals surface area contributed by atoms with Crippen LogP contribution >= 0.6 is 0 Å². The third-order valence-electron chi connectivity index (χ3n) is 3.88. The van der Waals surface area contributed by atoms with E-state index in [4.69, 9.17) is 0 Å². The molecule has 0 aromatic heterocycles. The summed E-state index contributed by atoms with van der Waals surface area (Å²) in [7, 11) is 0. The van der Waals surface area contributed by atoms with Gasteiger partial charge in [-0.3, -0.25) is 9.69 Å². The van der Waals surface area contributed by atoms with Gasteiger partial charge in [0.2, 0.25) is 0 Å². The lowest BCUT2D eigenvalue weighted by Gasteiger charge is -2.35. The van der Waals surface area contributed by atoms with E-state index in [0.717, 1.165) is 25.9 Å². The zero-order chi connectivity index (χ0) is 12.6. The molecular weight excluding hydrogens is 218 g/mol. The number of urea groups is 1. The fourth-order valence-electron chi connectivity index (χ4n) is 2.77. The first kappa shape index (κ1) is 12.4. The molecule has 96 valence electrons. The summed E-state index contributed by atoms with van der Waals surface area (Å²) in [5.41, 5.74) is -0.727. The van der Waals surface area contributed by atoms with Crippen molar-refractivity contribution >= 4 is 11.9 Å². The number of hydrogen-bond donors (Lipinski definition) is 2. The van der Waals surface area contributed by atoms with Gasteiger partial charge < -0.3 is 10.6 Å². The average molecular weight is 239 g/mol. The Balaban J connectivity index is 2.21. The van der Waals surface area contributed by atoms with Gasteiger partial charge in [0.05, 0.1) is 0 Å². The van der Waals surface area contributed by atoms with Crippen molar-refractivity contribution in [3.8, 4) is 0 Å². The number of amides is 3. The molecule has 2 saturated heterocycles. The highest BCUT2D eigenvalue weighted by Gasteiger charge is 2.52. The Kier molecular flexibility index (Phi) is 3.12. The molecule has 0 aromatic rings. The first-order valence-corrected chi connectivity index (χ1v) is 6.33. The van der Waals surface area contributed by atoms with E-state index in [9.17, 15) is 9.59 Å². The van der Waals surface area contributed by atoms with E-state index in [2.05, 4.69) is 10.6 Å². The molecular formula is C12H21N3O2. The summed E-state index contributed by atoms with van der Waals surface area (Å²) in [6.07, 6.45) is 2.05. The minimum atomic E-state index is -0.727. The molecule has 2 N–H and O–H groups in total. The maximum Gasteiger partial charge on any atom is 0.325 e. The van der Waals surface area contributed by atoms with Crippen LogP contribution < -0.4 is 10.6 Å². The molecule has 2 rings (SSSR count). The number of imide groups is 1. The monoisotopic (exact) mass is 239 g/mol. The predicted molar refractivity (Wildman–Crippen MR) is 64.5 cm³/mol. The number of nitrogens with one attached hydrogen (secondary N) is 2. The number of piperidine rings is 1. The fourth-order valence-corrected chi connectivity index (χ4v) is 2.77. The third-order valence-corrected chi connectivity index (χ3v) is 3.88. The molecule has 2 aliphatic heterocycles. The quantitative estimate of drug-likeness (QED) is 0.697. The molecule has 2 aliphatic rings. The normalized spacial score (nSPS) is 34.4. The van der Waals surface area contributed by atoms with Gasteiger partial charge >= 0.3 is 6.03 Å². The van der Waals surface area contributed by atoms with E-state index >= 15 is 0 Å². The number of nitrogens with zero attached hydrogens (tertiary/aromatic N) is 1. The van der Waals surface area contributed by atoms with E-state index in [1.165, 1.54) is 4.90 Å². The van der Waals surface area contributed by atoms with Crippen molar-refractivity contribution in [3.05, 3.63) is 0 Å². The first-order chi connectivity index (χ1) is 7.97. The summed E-state index contributed by atoms with van der Waals surface area (Å²) in [4.78, 5) is 25.6. The summed E-state index contributed by atoms with van der Waals surface area (Å²) in [6, 6.07) is -0.334. The number of rotatable bonds is 2. The second-order valence-electron chi connectivity index (χ2n) is 5.44. The average Bonchev–Trinajstić information content (AvgIpc) is 2.52. The standard InChI is InChI=1S/C12H21N3O2/c1-8(2)15-10(16)12(3,14-11(15)17)9-5-4-6-13-7-9/h8-9,13H,4-7H2,1-3H3,(H,14,17). The van der Waals surface area contributed by atoms with Crippen LogP contribution in [0, 0.1) is 5.92 Å². The summed E-state index contributed by atoms with van der Waals surface area (Å²) in [5.74, 6) is 0.114. The Labute approximate surface area is 102 Å². The molecule has 17 heavy (non-hydrogen) atoms. The van der Waals surface area contributed by atoms with Gasteiger partial charge in [0.15, 0.2) is 0 Å². The second kappa shape index (κ2) is 4.29. The maximum absolute atomic E-state index is 12.4. The summed E-state index contributed by atoms with van der Waals surface area (Å²) in [6.45, 7) is 7.38. The fraction of sp³-hybridized carbons (Fsp3) is 0.833. The molecule has 0 aliphatic carbocycles. The summed E-state index contributed by atoms with van der Waals surface area (Å²) < 4.78 is 0. The lowest BCUT2D eigenvalue weighted by atomic mass is 9.80. The molecule has 0 saturated carbocycles. The van der Waals surface area contributed by atoms with Crippen molar-refractivity contribution in [1.82, 2.24) is 15.5 Å². The van der Waals surface area contributed by atoms with Gasteiger partial charge in [-0.25, -0.2) is 4.79 Å². The molecule has 0 aromatic carbocycles. The molecule has 3 amide bonds. The van der Waals surface area contributed by atoms with Crippen molar-refractivity contribution in [3.63, 3.8) is 0 Å². The van der Waals surface area contributed by atoms with Gasteiger partial charge in [-0.15, -0.1) is 0 Å². The highest BCUT2D eigenvalue weighted by Crippen LogP contribution is 2.31. The van der Waals surface area contributed by atoms with E-state index in [1.54, 1.807) is 0 Å². The first-order valence-electron chi connectivity index (χ1n) is 6.33. The summed E-state index contributed by atoms with van der Waals surface area (Å²) >= 11 is 0. The van der Waals surface area contributed by atoms with Gasteiger partial charge in [-0.05, 0) is 40.2 Å². The minimum Gasteiger partial charge on any atom is -0.323 e. The Morgan fingerprint density at radius 1 is 1.41 bits per heavy atom. The van der Waals surface area contributed by atoms with Gasteiger partial charge in [0.25, 0.3) is 5.91 Å². The molecule has 2 heterocycles. The van der Waals surface area contributed by atoms with Crippen LogP contribution in [0.1, 0.15) is 33.6 Å². The molecule has 0 radical (unpaired) electrons.